The number of carbonyl (C=O) groups is 1. The van der Waals surface area contributed by atoms with Crippen LogP contribution in [0.4, 0.5) is 0 Å². The Balaban J connectivity index is 2.24. The van der Waals surface area contributed by atoms with Crippen molar-refractivity contribution in [3.63, 3.8) is 0 Å². The molecule has 0 aliphatic heterocycles. The Morgan fingerprint density at radius 2 is 2.43 bits per heavy atom. The van der Waals surface area contributed by atoms with Gasteiger partial charge >= 0.3 is 5.97 Å². The molecule has 76 valence electrons. The Morgan fingerprint density at radius 3 is 3.07 bits per heavy atom. The van der Waals surface area contributed by atoms with Crippen molar-refractivity contribution >= 4 is 5.97 Å². The SMILES string of the molecule is CCCCC(=O)OOc1cccnc1. The van der Waals surface area contributed by atoms with E-state index in [9.17, 15) is 4.79 Å². The first-order valence-corrected chi connectivity index (χ1v) is 4.60. The Morgan fingerprint density at radius 1 is 1.57 bits per heavy atom. The predicted molar refractivity (Wildman–Crippen MR) is 50.5 cm³/mol. The van der Waals surface area contributed by atoms with Crippen molar-refractivity contribution in [3.8, 4) is 5.75 Å². The van der Waals surface area contributed by atoms with Crippen LogP contribution in [0.3, 0.4) is 0 Å². The smallest absolute Gasteiger partial charge is 0.285 e. The maximum absolute atomic E-state index is 11.0. The second-order valence-electron chi connectivity index (χ2n) is 2.83. The number of nitrogens with zero attached hydrogens (tertiary/aromatic N) is 1. The molecule has 1 aromatic rings. The van der Waals surface area contributed by atoms with E-state index in [4.69, 9.17) is 4.89 Å². The molecular weight excluding hydrogens is 182 g/mol. The molecule has 0 N–H and O–H groups in total. The van der Waals surface area contributed by atoms with Gasteiger partial charge in [0.1, 0.15) is 0 Å². The van der Waals surface area contributed by atoms with Gasteiger partial charge < -0.3 is 0 Å². The fourth-order valence-electron chi connectivity index (χ4n) is 0.854. The molecule has 0 aliphatic carbocycles. The number of hydrogen-bond donors (Lipinski definition) is 0. The average molecular weight is 195 g/mol. The standard InChI is InChI=1S/C10H13NO3/c1-2-3-6-10(12)14-13-9-5-4-7-11-8-9/h4-5,7-8H,2-3,6H2,1H3. The lowest BCUT2D eigenvalue weighted by Gasteiger charge is -2.02. The van der Waals surface area contributed by atoms with Crippen LogP contribution >= 0.6 is 0 Å². The molecule has 0 aliphatic rings. The van der Waals surface area contributed by atoms with Gasteiger partial charge in [-0.15, -0.1) is 0 Å². The van der Waals surface area contributed by atoms with Crippen LogP contribution in [-0.4, -0.2) is 11.0 Å². The highest BCUT2D eigenvalue weighted by Crippen LogP contribution is 2.07. The summed E-state index contributed by atoms with van der Waals surface area (Å²) in [5.41, 5.74) is 0. The minimum Gasteiger partial charge on any atom is -0.285 e. The van der Waals surface area contributed by atoms with Gasteiger partial charge in [0.15, 0.2) is 5.75 Å². The molecule has 4 nitrogen and oxygen atoms in total. The molecule has 0 amide bonds. The molecule has 14 heavy (non-hydrogen) atoms. The van der Waals surface area contributed by atoms with Crippen LogP contribution in [-0.2, 0) is 9.68 Å². The van der Waals surface area contributed by atoms with Gasteiger partial charge in [-0.05, 0) is 18.6 Å². The van der Waals surface area contributed by atoms with Crippen molar-refractivity contribution in [1.29, 1.82) is 0 Å². The molecule has 0 saturated carbocycles. The summed E-state index contributed by atoms with van der Waals surface area (Å²) in [6.45, 7) is 2.01. The van der Waals surface area contributed by atoms with E-state index in [2.05, 4.69) is 9.87 Å². The Kier molecular flexibility index (Phi) is 4.47. The molecule has 1 rings (SSSR count). The molecule has 0 saturated heterocycles. The number of rotatable bonds is 5. The van der Waals surface area contributed by atoms with Crippen LogP contribution in [0.15, 0.2) is 24.5 Å². The Labute approximate surface area is 82.8 Å². The van der Waals surface area contributed by atoms with Crippen molar-refractivity contribution in [2.75, 3.05) is 0 Å². The third-order valence-corrected chi connectivity index (χ3v) is 1.60. The monoisotopic (exact) mass is 195 g/mol. The van der Waals surface area contributed by atoms with Gasteiger partial charge in [0.2, 0.25) is 0 Å². The lowest BCUT2D eigenvalue weighted by Crippen LogP contribution is -2.07. The van der Waals surface area contributed by atoms with E-state index in [1.807, 2.05) is 6.92 Å². The zero-order valence-corrected chi connectivity index (χ0v) is 8.10. The summed E-state index contributed by atoms with van der Waals surface area (Å²) in [7, 11) is 0. The fraction of sp³-hybridized carbons (Fsp3) is 0.400. The van der Waals surface area contributed by atoms with Crippen molar-refractivity contribution in [1.82, 2.24) is 4.98 Å². The molecule has 1 aromatic heterocycles. The van der Waals surface area contributed by atoms with Gasteiger partial charge in [-0.3, -0.25) is 14.8 Å². The number of unbranched alkanes of at least 4 members (excludes halogenated alkanes) is 1. The second kappa shape index (κ2) is 5.96. The minimum absolute atomic E-state index is 0.351. The minimum atomic E-state index is -0.351. The van der Waals surface area contributed by atoms with Crippen LogP contribution < -0.4 is 4.89 Å². The predicted octanol–water partition coefficient (Wildman–Crippen LogP) is 2.11. The number of pyridine rings is 1. The zero-order valence-electron chi connectivity index (χ0n) is 8.10. The zero-order chi connectivity index (χ0) is 10.2. The second-order valence-corrected chi connectivity index (χ2v) is 2.83. The molecule has 0 radical (unpaired) electrons. The van der Waals surface area contributed by atoms with Crippen molar-refractivity contribution < 1.29 is 14.6 Å². The maximum Gasteiger partial charge on any atom is 0.355 e. The molecule has 1 heterocycles. The summed E-state index contributed by atoms with van der Waals surface area (Å²) in [6, 6.07) is 3.37. The Hall–Kier alpha value is -1.58. The molecule has 0 spiro atoms. The Bertz CT molecular complexity index is 274. The highest BCUT2D eigenvalue weighted by Gasteiger charge is 2.03. The fourth-order valence-corrected chi connectivity index (χ4v) is 0.854. The van der Waals surface area contributed by atoms with E-state index < -0.39 is 0 Å². The lowest BCUT2D eigenvalue weighted by atomic mass is 10.3. The van der Waals surface area contributed by atoms with Crippen LogP contribution in [0.5, 0.6) is 5.75 Å². The quantitative estimate of drug-likeness (QED) is 0.533. The van der Waals surface area contributed by atoms with E-state index >= 15 is 0 Å². The number of carbonyl (C=O) groups excluding carboxylic acids is 1. The summed E-state index contributed by atoms with van der Waals surface area (Å²) in [6.07, 6.45) is 5.26. The van der Waals surface area contributed by atoms with E-state index in [0.29, 0.717) is 12.2 Å². The number of aromatic nitrogens is 1. The van der Waals surface area contributed by atoms with Crippen molar-refractivity contribution in [2.24, 2.45) is 0 Å². The van der Waals surface area contributed by atoms with Crippen molar-refractivity contribution in [3.05, 3.63) is 24.5 Å². The highest BCUT2D eigenvalue weighted by atomic mass is 17.2. The van der Waals surface area contributed by atoms with Crippen molar-refractivity contribution in [2.45, 2.75) is 26.2 Å². The lowest BCUT2D eigenvalue weighted by molar-refractivity contribution is -0.214. The van der Waals surface area contributed by atoms with E-state index in [-0.39, 0.29) is 5.97 Å². The molecule has 0 bridgehead atoms. The molecule has 0 fully saturated rings. The van der Waals surface area contributed by atoms with E-state index in [1.54, 1.807) is 18.3 Å². The molecule has 0 aromatic carbocycles. The molecular formula is C10H13NO3. The van der Waals surface area contributed by atoms with Gasteiger partial charge in [0.25, 0.3) is 0 Å². The largest absolute Gasteiger partial charge is 0.355 e. The molecule has 0 atom stereocenters. The first kappa shape index (κ1) is 10.5. The normalized spacial score (nSPS) is 9.50. The van der Waals surface area contributed by atoms with Gasteiger partial charge in [0, 0.05) is 6.20 Å². The summed E-state index contributed by atoms with van der Waals surface area (Å²) < 4.78 is 0. The van der Waals surface area contributed by atoms with Gasteiger partial charge in [-0.1, -0.05) is 13.3 Å². The van der Waals surface area contributed by atoms with Gasteiger partial charge in [0.05, 0.1) is 12.6 Å². The highest BCUT2D eigenvalue weighted by molar-refractivity contribution is 5.68. The third kappa shape index (κ3) is 3.89. The molecule has 0 unspecified atom stereocenters. The summed E-state index contributed by atoms with van der Waals surface area (Å²) >= 11 is 0. The van der Waals surface area contributed by atoms with Gasteiger partial charge in [-0.2, -0.15) is 0 Å². The summed E-state index contributed by atoms with van der Waals surface area (Å²) in [5.74, 6) is 0.0769. The summed E-state index contributed by atoms with van der Waals surface area (Å²) in [4.78, 5) is 24.1. The van der Waals surface area contributed by atoms with Crippen LogP contribution in [0, 0.1) is 0 Å². The number of hydrogen-bond acceptors (Lipinski definition) is 4. The van der Waals surface area contributed by atoms with E-state index in [1.165, 1.54) is 6.20 Å². The maximum atomic E-state index is 11.0. The topological polar surface area (TPSA) is 48.4 Å². The first-order valence-electron chi connectivity index (χ1n) is 4.60. The summed E-state index contributed by atoms with van der Waals surface area (Å²) in [5, 5.41) is 0. The van der Waals surface area contributed by atoms with Crippen LogP contribution in [0.1, 0.15) is 26.2 Å². The van der Waals surface area contributed by atoms with E-state index in [0.717, 1.165) is 12.8 Å². The first-order chi connectivity index (χ1) is 6.83. The van der Waals surface area contributed by atoms with Crippen LogP contribution in [0.2, 0.25) is 0 Å². The van der Waals surface area contributed by atoms with Gasteiger partial charge in [-0.25, -0.2) is 4.79 Å². The average Bonchev–Trinajstić information content (AvgIpc) is 2.25. The van der Waals surface area contributed by atoms with Crippen LogP contribution in [0.25, 0.3) is 0 Å². The molecule has 4 heteroatoms. The third-order valence-electron chi connectivity index (χ3n) is 1.60.